The zero-order chi connectivity index (χ0) is 10.9. The zero-order valence-electron chi connectivity index (χ0n) is 8.65. The van der Waals surface area contributed by atoms with Gasteiger partial charge in [-0.2, -0.15) is 0 Å². The molecule has 0 spiro atoms. The molecule has 1 rings (SSSR count). The Morgan fingerprint density at radius 3 is 3.07 bits per heavy atom. The van der Waals surface area contributed by atoms with Gasteiger partial charge in [-0.1, -0.05) is 0 Å². The average molecular weight is 211 g/mol. The Hall–Kier alpha value is -1.33. The second-order valence-electron chi connectivity index (χ2n) is 3.09. The van der Waals surface area contributed by atoms with E-state index in [2.05, 4.69) is 10.3 Å². The summed E-state index contributed by atoms with van der Waals surface area (Å²) < 4.78 is 5.12. The molecule has 1 heterocycles. The van der Waals surface area contributed by atoms with Gasteiger partial charge in [0.15, 0.2) is 0 Å². The van der Waals surface area contributed by atoms with E-state index >= 15 is 0 Å². The highest BCUT2D eigenvalue weighted by atomic mass is 16.5. The second-order valence-corrected chi connectivity index (χ2v) is 3.09. The van der Waals surface area contributed by atoms with Crippen LogP contribution in [-0.4, -0.2) is 36.5 Å². The molecule has 0 saturated carbocycles. The maximum Gasteiger partial charge on any atom is 0.125 e. The molecular formula is C10H17N3O2. The predicted molar refractivity (Wildman–Crippen MR) is 59.7 cm³/mol. The molecule has 1 aromatic rings. The third-order valence-corrected chi connectivity index (χ3v) is 1.81. The number of anilines is 2. The summed E-state index contributed by atoms with van der Waals surface area (Å²) in [6.45, 7) is 1.94. The minimum atomic E-state index is 0.0777. The van der Waals surface area contributed by atoms with Crippen LogP contribution in [0.2, 0.25) is 0 Å². The van der Waals surface area contributed by atoms with Crippen molar-refractivity contribution in [1.29, 1.82) is 0 Å². The van der Waals surface area contributed by atoms with Gasteiger partial charge in [0.2, 0.25) is 0 Å². The molecule has 5 heteroatoms. The van der Waals surface area contributed by atoms with E-state index in [1.807, 2.05) is 6.07 Å². The minimum absolute atomic E-state index is 0.0777. The quantitative estimate of drug-likeness (QED) is 0.571. The molecule has 0 aromatic carbocycles. The molecule has 4 N–H and O–H groups in total. The molecule has 0 atom stereocenters. The van der Waals surface area contributed by atoms with Crippen LogP contribution in [0, 0.1) is 0 Å². The number of hydrogen-bond acceptors (Lipinski definition) is 5. The molecule has 0 aliphatic rings. The lowest BCUT2D eigenvalue weighted by molar-refractivity contribution is 0.0922. The van der Waals surface area contributed by atoms with E-state index < -0.39 is 0 Å². The highest BCUT2D eigenvalue weighted by molar-refractivity contribution is 5.49. The number of pyridine rings is 1. The minimum Gasteiger partial charge on any atom is -0.394 e. The summed E-state index contributed by atoms with van der Waals surface area (Å²) in [6.07, 6.45) is 2.56. The molecule has 0 fully saturated rings. The first-order chi connectivity index (χ1) is 7.33. The van der Waals surface area contributed by atoms with E-state index in [1.165, 1.54) is 0 Å². The van der Waals surface area contributed by atoms with Crippen LogP contribution in [0.25, 0.3) is 0 Å². The smallest absolute Gasteiger partial charge is 0.125 e. The fraction of sp³-hybridized carbons (Fsp3) is 0.500. The van der Waals surface area contributed by atoms with Crippen molar-refractivity contribution >= 4 is 11.5 Å². The first kappa shape index (κ1) is 11.7. The van der Waals surface area contributed by atoms with Gasteiger partial charge >= 0.3 is 0 Å². The van der Waals surface area contributed by atoms with Crippen LogP contribution in [0.5, 0.6) is 0 Å². The highest BCUT2D eigenvalue weighted by Gasteiger charge is 1.93. The van der Waals surface area contributed by atoms with Gasteiger partial charge in [-0.3, -0.25) is 0 Å². The van der Waals surface area contributed by atoms with Gasteiger partial charge in [0, 0.05) is 31.1 Å². The van der Waals surface area contributed by atoms with Gasteiger partial charge in [0.05, 0.1) is 13.2 Å². The van der Waals surface area contributed by atoms with Crippen LogP contribution < -0.4 is 11.1 Å². The van der Waals surface area contributed by atoms with Gasteiger partial charge in [-0.05, 0) is 12.5 Å². The molecule has 15 heavy (non-hydrogen) atoms. The molecule has 84 valence electrons. The SMILES string of the molecule is Nc1cc(NCCCOCCO)ccn1. The fourth-order valence-electron chi connectivity index (χ4n) is 1.13. The van der Waals surface area contributed by atoms with Crippen molar-refractivity contribution in [2.24, 2.45) is 0 Å². The van der Waals surface area contributed by atoms with E-state index in [9.17, 15) is 0 Å². The third-order valence-electron chi connectivity index (χ3n) is 1.81. The van der Waals surface area contributed by atoms with E-state index in [0.717, 1.165) is 18.7 Å². The topological polar surface area (TPSA) is 80.4 Å². The molecule has 0 aliphatic carbocycles. The summed E-state index contributed by atoms with van der Waals surface area (Å²) in [4.78, 5) is 3.89. The summed E-state index contributed by atoms with van der Waals surface area (Å²) in [6, 6.07) is 3.65. The number of rotatable bonds is 7. The van der Waals surface area contributed by atoms with Crippen LogP contribution in [0.15, 0.2) is 18.3 Å². The lowest BCUT2D eigenvalue weighted by Gasteiger charge is -2.06. The summed E-state index contributed by atoms with van der Waals surface area (Å²) in [7, 11) is 0. The number of nitrogens with two attached hydrogens (primary N) is 1. The number of nitrogens with one attached hydrogen (secondary N) is 1. The Balaban J connectivity index is 2.10. The zero-order valence-corrected chi connectivity index (χ0v) is 8.65. The third kappa shape index (κ3) is 5.19. The normalized spacial score (nSPS) is 10.2. The van der Waals surface area contributed by atoms with Gasteiger partial charge in [-0.25, -0.2) is 4.98 Å². The summed E-state index contributed by atoms with van der Waals surface area (Å²) in [5.41, 5.74) is 6.49. The molecule has 0 aliphatic heterocycles. The van der Waals surface area contributed by atoms with E-state index in [4.69, 9.17) is 15.6 Å². The Morgan fingerprint density at radius 1 is 1.47 bits per heavy atom. The molecule has 0 unspecified atom stereocenters. The number of hydrogen-bond donors (Lipinski definition) is 3. The van der Waals surface area contributed by atoms with Gasteiger partial charge in [0.1, 0.15) is 5.82 Å². The molecule has 0 radical (unpaired) electrons. The average Bonchev–Trinajstić information content (AvgIpc) is 2.23. The first-order valence-corrected chi connectivity index (χ1v) is 4.97. The van der Waals surface area contributed by atoms with Crippen molar-refractivity contribution < 1.29 is 9.84 Å². The van der Waals surface area contributed by atoms with E-state index in [0.29, 0.717) is 19.0 Å². The standard InChI is InChI=1S/C10H17N3O2/c11-10-8-9(2-4-13-10)12-3-1-6-15-7-5-14/h2,4,8,14H,1,3,5-7H2,(H3,11,12,13). The number of ether oxygens (including phenoxy) is 1. The monoisotopic (exact) mass is 211 g/mol. The van der Waals surface area contributed by atoms with Crippen LogP contribution in [0.4, 0.5) is 11.5 Å². The molecule has 0 saturated heterocycles. The summed E-state index contributed by atoms with van der Waals surface area (Å²) in [5.74, 6) is 0.511. The Morgan fingerprint density at radius 2 is 2.33 bits per heavy atom. The van der Waals surface area contributed by atoms with E-state index in [-0.39, 0.29) is 6.61 Å². The van der Waals surface area contributed by atoms with Crippen molar-refractivity contribution in [2.75, 3.05) is 37.4 Å². The summed E-state index contributed by atoms with van der Waals surface area (Å²) in [5, 5.41) is 11.7. The number of aromatic nitrogens is 1. The molecule has 5 nitrogen and oxygen atoms in total. The Labute approximate surface area is 89.3 Å². The first-order valence-electron chi connectivity index (χ1n) is 4.97. The number of aliphatic hydroxyl groups excluding tert-OH is 1. The molecular weight excluding hydrogens is 194 g/mol. The number of nitrogen functional groups attached to an aromatic ring is 1. The van der Waals surface area contributed by atoms with Crippen molar-refractivity contribution in [1.82, 2.24) is 4.98 Å². The lowest BCUT2D eigenvalue weighted by atomic mass is 10.3. The maximum absolute atomic E-state index is 8.47. The Bertz CT molecular complexity index is 281. The van der Waals surface area contributed by atoms with Gasteiger partial charge < -0.3 is 20.9 Å². The summed E-state index contributed by atoms with van der Waals surface area (Å²) >= 11 is 0. The van der Waals surface area contributed by atoms with Crippen molar-refractivity contribution in [3.8, 4) is 0 Å². The second kappa shape index (κ2) is 7.03. The number of aliphatic hydroxyl groups is 1. The van der Waals surface area contributed by atoms with Gasteiger partial charge in [0.25, 0.3) is 0 Å². The number of nitrogens with zero attached hydrogens (tertiary/aromatic N) is 1. The van der Waals surface area contributed by atoms with Crippen LogP contribution in [-0.2, 0) is 4.74 Å². The van der Waals surface area contributed by atoms with Crippen molar-refractivity contribution in [2.45, 2.75) is 6.42 Å². The predicted octanol–water partition coefficient (Wildman–Crippen LogP) is 0.475. The molecule has 0 bridgehead atoms. The Kier molecular flexibility index (Phi) is 5.50. The lowest BCUT2D eigenvalue weighted by Crippen LogP contribution is -2.07. The molecule has 0 amide bonds. The maximum atomic E-state index is 8.47. The fourth-order valence-corrected chi connectivity index (χ4v) is 1.13. The van der Waals surface area contributed by atoms with Crippen LogP contribution >= 0.6 is 0 Å². The van der Waals surface area contributed by atoms with Gasteiger partial charge in [-0.15, -0.1) is 0 Å². The van der Waals surface area contributed by atoms with Crippen molar-refractivity contribution in [3.63, 3.8) is 0 Å². The molecule has 1 aromatic heterocycles. The largest absolute Gasteiger partial charge is 0.394 e. The highest BCUT2D eigenvalue weighted by Crippen LogP contribution is 2.08. The van der Waals surface area contributed by atoms with Crippen LogP contribution in [0.3, 0.4) is 0 Å². The van der Waals surface area contributed by atoms with Crippen LogP contribution in [0.1, 0.15) is 6.42 Å². The van der Waals surface area contributed by atoms with Crippen molar-refractivity contribution in [3.05, 3.63) is 18.3 Å². The van der Waals surface area contributed by atoms with E-state index in [1.54, 1.807) is 12.3 Å².